The molecule has 30 heavy (non-hydrogen) atoms. The number of nitrogens with zero attached hydrogens (tertiary/aromatic N) is 1. The summed E-state index contributed by atoms with van der Waals surface area (Å²) in [5, 5.41) is 3.80. The molecule has 2 heterocycles. The number of imide groups is 1. The van der Waals surface area contributed by atoms with E-state index in [0.717, 1.165) is 27.9 Å². The summed E-state index contributed by atoms with van der Waals surface area (Å²) in [4.78, 5) is 27.9. The van der Waals surface area contributed by atoms with Crippen LogP contribution in [0.5, 0.6) is 0 Å². The van der Waals surface area contributed by atoms with Crippen LogP contribution < -0.4 is 5.32 Å². The Kier molecular flexibility index (Phi) is 5.22. The lowest BCUT2D eigenvalue weighted by atomic mass is 9.97. The predicted molar refractivity (Wildman–Crippen MR) is 117 cm³/mol. The van der Waals surface area contributed by atoms with E-state index in [1.807, 2.05) is 45.0 Å². The summed E-state index contributed by atoms with van der Waals surface area (Å²) in [6.07, 6.45) is 1.52. The normalized spacial score (nSPS) is 14.1. The molecule has 0 radical (unpaired) electrons. The van der Waals surface area contributed by atoms with E-state index in [4.69, 9.17) is 16.0 Å². The highest BCUT2D eigenvalue weighted by Gasteiger charge is 2.40. The number of rotatable bonds is 5. The SMILES string of the molecule is Cc1ccc(C2=C(Nc3ccc(Cl)cc3C)C(=O)N(Cc3ccco3)C2=O)c(C)c1. The molecule has 1 aromatic heterocycles. The number of furan rings is 1. The lowest BCUT2D eigenvalue weighted by Crippen LogP contribution is -2.31. The van der Waals surface area contributed by atoms with Gasteiger partial charge in [-0.3, -0.25) is 14.5 Å². The van der Waals surface area contributed by atoms with Gasteiger partial charge in [0.2, 0.25) is 0 Å². The lowest BCUT2D eigenvalue weighted by molar-refractivity contribution is -0.137. The Bertz CT molecular complexity index is 1180. The Balaban J connectivity index is 1.81. The molecule has 0 unspecified atom stereocenters. The average molecular weight is 421 g/mol. The predicted octanol–water partition coefficient (Wildman–Crippen LogP) is 5.25. The van der Waals surface area contributed by atoms with Crippen LogP contribution in [0.15, 0.2) is 64.9 Å². The Labute approximate surface area is 180 Å². The number of benzene rings is 2. The molecule has 1 aliphatic heterocycles. The Morgan fingerprint density at radius 1 is 0.967 bits per heavy atom. The maximum absolute atomic E-state index is 13.4. The third-order valence-corrected chi connectivity index (χ3v) is 5.40. The van der Waals surface area contributed by atoms with Crippen molar-refractivity contribution in [2.24, 2.45) is 0 Å². The van der Waals surface area contributed by atoms with Crippen LogP contribution >= 0.6 is 11.6 Å². The number of halogens is 1. The van der Waals surface area contributed by atoms with Gasteiger partial charge in [-0.1, -0.05) is 35.4 Å². The Hall–Kier alpha value is -3.31. The van der Waals surface area contributed by atoms with Crippen molar-refractivity contribution in [2.75, 3.05) is 5.32 Å². The number of carbonyl (C=O) groups is 2. The summed E-state index contributed by atoms with van der Waals surface area (Å²) in [7, 11) is 0. The van der Waals surface area contributed by atoms with E-state index in [2.05, 4.69) is 5.32 Å². The van der Waals surface area contributed by atoms with Crippen LogP contribution in [0.4, 0.5) is 5.69 Å². The standard InChI is InChI=1S/C24H21ClN2O3/c1-14-6-8-19(15(2)11-14)21-22(26-20-9-7-17(25)12-16(20)3)24(29)27(23(21)28)13-18-5-4-10-30-18/h4-12,26H,13H2,1-3H3. The highest BCUT2D eigenvalue weighted by atomic mass is 35.5. The van der Waals surface area contributed by atoms with Gasteiger partial charge >= 0.3 is 0 Å². The van der Waals surface area contributed by atoms with Gasteiger partial charge in [-0.2, -0.15) is 0 Å². The van der Waals surface area contributed by atoms with Crippen molar-refractivity contribution in [1.29, 1.82) is 0 Å². The second-order valence-electron chi connectivity index (χ2n) is 7.43. The number of hydrogen-bond acceptors (Lipinski definition) is 4. The van der Waals surface area contributed by atoms with E-state index >= 15 is 0 Å². The molecule has 0 bridgehead atoms. The molecule has 4 rings (SSSR count). The van der Waals surface area contributed by atoms with Crippen LogP contribution in [0.2, 0.25) is 5.02 Å². The first-order chi connectivity index (χ1) is 14.3. The minimum absolute atomic E-state index is 0.0733. The maximum Gasteiger partial charge on any atom is 0.278 e. The minimum atomic E-state index is -0.388. The Morgan fingerprint density at radius 2 is 1.77 bits per heavy atom. The van der Waals surface area contributed by atoms with Crippen molar-refractivity contribution in [3.8, 4) is 0 Å². The van der Waals surface area contributed by atoms with Gasteiger partial charge in [0.1, 0.15) is 11.5 Å². The monoisotopic (exact) mass is 420 g/mol. The van der Waals surface area contributed by atoms with Crippen molar-refractivity contribution >= 4 is 34.7 Å². The number of nitrogens with one attached hydrogen (secondary N) is 1. The molecule has 1 N–H and O–H groups in total. The topological polar surface area (TPSA) is 62.6 Å². The molecule has 0 fully saturated rings. The zero-order chi connectivity index (χ0) is 21.4. The summed E-state index contributed by atoms with van der Waals surface area (Å²) in [5.74, 6) is -0.196. The fourth-order valence-corrected chi connectivity index (χ4v) is 3.87. The van der Waals surface area contributed by atoms with E-state index in [-0.39, 0.29) is 24.1 Å². The minimum Gasteiger partial charge on any atom is -0.467 e. The second-order valence-corrected chi connectivity index (χ2v) is 7.86. The summed E-state index contributed by atoms with van der Waals surface area (Å²) in [5.41, 5.74) is 4.96. The number of anilines is 1. The molecule has 3 aromatic rings. The fraction of sp³-hybridized carbons (Fsp3) is 0.167. The van der Waals surface area contributed by atoms with Crippen molar-refractivity contribution in [3.63, 3.8) is 0 Å². The van der Waals surface area contributed by atoms with Gasteiger partial charge in [-0.25, -0.2) is 0 Å². The summed E-state index contributed by atoms with van der Waals surface area (Å²) in [6, 6.07) is 14.7. The van der Waals surface area contributed by atoms with Gasteiger partial charge in [0.05, 0.1) is 18.4 Å². The van der Waals surface area contributed by atoms with Crippen LogP contribution in [0.1, 0.15) is 28.0 Å². The quantitative estimate of drug-likeness (QED) is 0.572. The van der Waals surface area contributed by atoms with E-state index in [1.54, 1.807) is 24.3 Å². The largest absolute Gasteiger partial charge is 0.467 e. The van der Waals surface area contributed by atoms with E-state index in [0.29, 0.717) is 16.4 Å². The molecule has 0 spiro atoms. The molecule has 152 valence electrons. The van der Waals surface area contributed by atoms with Gasteiger partial charge in [-0.05, 0) is 67.8 Å². The van der Waals surface area contributed by atoms with Gasteiger partial charge in [-0.15, -0.1) is 0 Å². The smallest absolute Gasteiger partial charge is 0.278 e. The molecule has 2 amide bonds. The van der Waals surface area contributed by atoms with Crippen LogP contribution in [0.25, 0.3) is 5.57 Å². The highest BCUT2D eigenvalue weighted by Crippen LogP contribution is 2.34. The van der Waals surface area contributed by atoms with Crippen LogP contribution in [-0.2, 0) is 16.1 Å². The van der Waals surface area contributed by atoms with Crippen molar-refractivity contribution in [3.05, 3.63) is 93.5 Å². The van der Waals surface area contributed by atoms with Gasteiger partial charge in [0.25, 0.3) is 11.8 Å². The first-order valence-electron chi connectivity index (χ1n) is 9.59. The van der Waals surface area contributed by atoms with E-state index in [1.165, 1.54) is 11.2 Å². The van der Waals surface area contributed by atoms with Crippen LogP contribution in [-0.4, -0.2) is 16.7 Å². The number of carbonyl (C=O) groups excluding carboxylic acids is 2. The average Bonchev–Trinajstić information content (AvgIpc) is 3.28. The van der Waals surface area contributed by atoms with Crippen LogP contribution in [0.3, 0.4) is 0 Å². The number of hydrogen-bond donors (Lipinski definition) is 1. The molecular formula is C24H21ClN2O3. The molecule has 0 aliphatic carbocycles. The summed E-state index contributed by atoms with van der Waals surface area (Å²) >= 11 is 6.07. The third kappa shape index (κ3) is 3.64. The molecule has 0 atom stereocenters. The number of amides is 2. The van der Waals surface area contributed by atoms with Gasteiger partial charge in [0, 0.05) is 10.7 Å². The molecule has 0 saturated heterocycles. The first-order valence-corrected chi connectivity index (χ1v) is 9.96. The summed E-state index contributed by atoms with van der Waals surface area (Å²) < 4.78 is 5.36. The van der Waals surface area contributed by atoms with Crippen molar-refractivity contribution in [1.82, 2.24) is 4.90 Å². The molecule has 6 heteroatoms. The third-order valence-electron chi connectivity index (χ3n) is 5.16. The van der Waals surface area contributed by atoms with E-state index in [9.17, 15) is 9.59 Å². The molecular weight excluding hydrogens is 400 g/mol. The molecule has 5 nitrogen and oxygen atoms in total. The molecule has 1 aliphatic rings. The zero-order valence-corrected chi connectivity index (χ0v) is 17.7. The zero-order valence-electron chi connectivity index (χ0n) is 17.0. The van der Waals surface area contributed by atoms with Gasteiger partial charge in [0.15, 0.2) is 0 Å². The van der Waals surface area contributed by atoms with Gasteiger partial charge < -0.3 is 9.73 Å². The van der Waals surface area contributed by atoms with Crippen molar-refractivity contribution < 1.29 is 14.0 Å². The number of aryl methyl sites for hydroxylation is 3. The fourth-order valence-electron chi connectivity index (χ4n) is 3.64. The van der Waals surface area contributed by atoms with Crippen LogP contribution in [0, 0.1) is 20.8 Å². The molecule has 2 aromatic carbocycles. The summed E-state index contributed by atoms with van der Waals surface area (Å²) in [6.45, 7) is 5.90. The highest BCUT2D eigenvalue weighted by molar-refractivity contribution is 6.36. The van der Waals surface area contributed by atoms with Crippen molar-refractivity contribution in [2.45, 2.75) is 27.3 Å². The van der Waals surface area contributed by atoms with E-state index < -0.39 is 0 Å². The molecule has 0 saturated carbocycles. The second kappa shape index (κ2) is 7.84. The lowest BCUT2D eigenvalue weighted by Gasteiger charge is -2.14. The first kappa shape index (κ1) is 20.0. The maximum atomic E-state index is 13.4. The Morgan fingerprint density at radius 3 is 2.43 bits per heavy atom.